The van der Waals surface area contributed by atoms with E-state index in [4.69, 9.17) is 21.0 Å². The first-order chi connectivity index (χ1) is 15.2. The third kappa shape index (κ3) is 2.41. The van der Waals surface area contributed by atoms with Gasteiger partial charge >= 0.3 is 0 Å². The second-order valence-corrected chi connectivity index (χ2v) is 9.25. The van der Waals surface area contributed by atoms with Gasteiger partial charge in [0.2, 0.25) is 0 Å². The minimum absolute atomic E-state index is 0.141. The summed E-state index contributed by atoms with van der Waals surface area (Å²) < 4.78 is 7.72. The Morgan fingerprint density at radius 2 is 1.97 bits per heavy atom. The molecule has 4 aromatic rings. The summed E-state index contributed by atoms with van der Waals surface area (Å²) in [5.41, 5.74) is 7.64. The Kier molecular flexibility index (Phi) is 3.36. The Balaban J connectivity index is 1.50. The molecule has 0 unspecified atom stereocenters. The highest BCUT2D eigenvalue weighted by Gasteiger charge is 2.70. The van der Waals surface area contributed by atoms with Gasteiger partial charge in [0.25, 0.3) is 0 Å². The third-order valence-electron chi connectivity index (χ3n) is 7.09. The molecule has 2 aliphatic carbocycles. The maximum absolute atomic E-state index is 6.65. The highest BCUT2D eigenvalue weighted by molar-refractivity contribution is 6.35. The number of halogens is 1. The zero-order valence-corrected chi connectivity index (χ0v) is 17.7. The lowest BCUT2D eigenvalue weighted by atomic mass is 9.94. The summed E-state index contributed by atoms with van der Waals surface area (Å²) in [7, 11) is 0. The van der Waals surface area contributed by atoms with Crippen molar-refractivity contribution >= 4 is 17.3 Å². The van der Waals surface area contributed by atoms with Crippen molar-refractivity contribution in [2.75, 3.05) is 0 Å². The number of imidazole rings is 1. The lowest BCUT2D eigenvalue weighted by molar-refractivity contribution is 0.568. The molecule has 0 saturated heterocycles. The van der Waals surface area contributed by atoms with Crippen LogP contribution in [0.15, 0.2) is 70.8 Å². The van der Waals surface area contributed by atoms with Gasteiger partial charge in [0.1, 0.15) is 12.0 Å². The minimum atomic E-state index is -0.141. The van der Waals surface area contributed by atoms with E-state index < -0.39 is 0 Å². The summed E-state index contributed by atoms with van der Waals surface area (Å²) in [6, 6.07) is 14.6. The van der Waals surface area contributed by atoms with Crippen molar-refractivity contribution < 1.29 is 4.42 Å². The van der Waals surface area contributed by atoms with Crippen LogP contribution in [-0.2, 0) is 5.41 Å². The van der Waals surface area contributed by atoms with Crippen molar-refractivity contribution in [3.8, 4) is 17.1 Å². The van der Waals surface area contributed by atoms with Crippen LogP contribution in [-0.4, -0.2) is 20.2 Å². The number of oxazole rings is 1. The van der Waals surface area contributed by atoms with Gasteiger partial charge in [-0.25, -0.2) is 9.97 Å². The Hall–Kier alpha value is -3.18. The number of aromatic nitrogens is 3. The van der Waals surface area contributed by atoms with Crippen LogP contribution in [0.4, 0.5) is 0 Å². The normalized spacial score (nSPS) is 25.2. The highest BCUT2D eigenvalue weighted by atomic mass is 35.5. The molecule has 2 saturated carbocycles. The molecule has 7 rings (SSSR count). The molecule has 0 spiro atoms. The van der Waals surface area contributed by atoms with Crippen molar-refractivity contribution in [2.24, 2.45) is 10.9 Å². The van der Waals surface area contributed by atoms with Gasteiger partial charge in [-0.05, 0) is 54.9 Å². The number of hydrogen-bond donors (Lipinski definition) is 0. The maximum Gasteiger partial charge on any atom is 0.181 e. The molecule has 1 atom stereocenters. The molecule has 6 heteroatoms. The van der Waals surface area contributed by atoms with Crippen LogP contribution in [0.25, 0.3) is 17.1 Å². The molecule has 0 N–H and O–H groups in total. The summed E-state index contributed by atoms with van der Waals surface area (Å²) in [6.07, 6.45) is 7.62. The molecule has 2 aromatic carbocycles. The SMILES string of the molecule is C[C@H]1N=C(c2ccccc2Cl)c2cc(C34CC3C4)ccc2-n2cnc(-c3cnco3)c21. The van der Waals surface area contributed by atoms with Gasteiger partial charge in [-0.3, -0.25) is 9.56 Å². The van der Waals surface area contributed by atoms with E-state index in [0.717, 1.165) is 39.8 Å². The van der Waals surface area contributed by atoms with Gasteiger partial charge in [-0.2, -0.15) is 0 Å². The fraction of sp³-hybridized carbons (Fsp3) is 0.240. The second kappa shape index (κ2) is 5.95. The zero-order chi connectivity index (χ0) is 20.7. The van der Waals surface area contributed by atoms with E-state index in [1.54, 1.807) is 6.20 Å². The van der Waals surface area contributed by atoms with Gasteiger partial charge < -0.3 is 4.42 Å². The minimum Gasteiger partial charge on any atom is -0.442 e. The van der Waals surface area contributed by atoms with Crippen LogP contribution in [0.1, 0.15) is 48.2 Å². The maximum atomic E-state index is 6.65. The Bertz CT molecular complexity index is 1380. The van der Waals surface area contributed by atoms with Crippen LogP contribution in [0.3, 0.4) is 0 Å². The molecule has 1 aliphatic heterocycles. The van der Waals surface area contributed by atoms with Crippen molar-refractivity contribution in [1.82, 2.24) is 14.5 Å². The van der Waals surface area contributed by atoms with Gasteiger partial charge in [0, 0.05) is 16.1 Å². The molecule has 2 fully saturated rings. The number of hydrogen-bond acceptors (Lipinski definition) is 4. The number of rotatable bonds is 3. The van der Waals surface area contributed by atoms with Crippen molar-refractivity contribution in [1.29, 1.82) is 0 Å². The van der Waals surface area contributed by atoms with E-state index >= 15 is 0 Å². The fourth-order valence-corrected chi connectivity index (χ4v) is 5.31. The highest BCUT2D eigenvalue weighted by Crippen LogP contribution is 2.75. The van der Waals surface area contributed by atoms with E-state index in [2.05, 4.69) is 45.7 Å². The van der Waals surface area contributed by atoms with E-state index in [1.165, 1.54) is 24.8 Å². The number of aliphatic imine (C=N–C) groups is 1. The second-order valence-electron chi connectivity index (χ2n) is 8.84. The summed E-state index contributed by atoms with van der Waals surface area (Å²) in [5.74, 6) is 1.52. The van der Waals surface area contributed by atoms with E-state index in [-0.39, 0.29) is 6.04 Å². The van der Waals surface area contributed by atoms with E-state index in [9.17, 15) is 0 Å². The molecular weight excluding hydrogens is 408 g/mol. The predicted molar refractivity (Wildman–Crippen MR) is 119 cm³/mol. The first-order valence-corrected chi connectivity index (χ1v) is 11.0. The van der Waals surface area contributed by atoms with Crippen LogP contribution in [0.5, 0.6) is 0 Å². The van der Waals surface area contributed by atoms with Crippen LogP contribution in [0, 0.1) is 5.92 Å². The van der Waals surface area contributed by atoms with E-state index in [0.29, 0.717) is 16.2 Å². The molecule has 5 nitrogen and oxygen atoms in total. The number of fused-ring (bicyclic) bond motifs is 4. The molecule has 2 aromatic heterocycles. The van der Waals surface area contributed by atoms with Crippen LogP contribution in [0.2, 0.25) is 5.02 Å². The lowest BCUT2D eigenvalue weighted by Crippen LogP contribution is -2.09. The third-order valence-corrected chi connectivity index (χ3v) is 7.42. The quantitative estimate of drug-likeness (QED) is 0.419. The van der Waals surface area contributed by atoms with Crippen molar-refractivity contribution in [2.45, 2.75) is 31.2 Å². The largest absolute Gasteiger partial charge is 0.442 e. The molecule has 31 heavy (non-hydrogen) atoms. The Morgan fingerprint density at radius 1 is 1.13 bits per heavy atom. The Labute approximate surface area is 184 Å². The predicted octanol–water partition coefficient (Wildman–Crippen LogP) is 5.75. The van der Waals surface area contributed by atoms with Gasteiger partial charge in [0.05, 0.1) is 29.3 Å². The van der Waals surface area contributed by atoms with Gasteiger partial charge in [-0.15, -0.1) is 0 Å². The topological polar surface area (TPSA) is 56.2 Å². The van der Waals surface area contributed by atoms with Crippen LogP contribution < -0.4 is 0 Å². The summed E-state index contributed by atoms with van der Waals surface area (Å²) in [4.78, 5) is 13.9. The molecule has 152 valence electrons. The smallest absolute Gasteiger partial charge is 0.181 e. The molecule has 0 bridgehead atoms. The lowest BCUT2D eigenvalue weighted by Gasteiger charge is -2.15. The molecule has 3 heterocycles. The Morgan fingerprint density at radius 3 is 2.71 bits per heavy atom. The first kappa shape index (κ1) is 17.5. The molecular formula is C25H19ClN4O. The monoisotopic (exact) mass is 426 g/mol. The first-order valence-electron chi connectivity index (χ1n) is 10.6. The molecule has 0 radical (unpaired) electrons. The molecule has 3 aliphatic rings. The zero-order valence-electron chi connectivity index (χ0n) is 16.9. The molecule has 0 amide bonds. The fourth-order valence-electron chi connectivity index (χ4n) is 5.08. The summed E-state index contributed by atoms with van der Waals surface area (Å²) >= 11 is 6.65. The van der Waals surface area contributed by atoms with Crippen molar-refractivity contribution in [3.63, 3.8) is 0 Å². The summed E-state index contributed by atoms with van der Waals surface area (Å²) in [6.45, 7) is 2.09. The summed E-state index contributed by atoms with van der Waals surface area (Å²) in [5, 5.41) is 0.707. The van der Waals surface area contributed by atoms with Gasteiger partial charge in [-0.1, -0.05) is 35.9 Å². The van der Waals surface area contributed by atoms with Crippen molar-refractivity contribution in [3.05, 3.63) is 88.8 Å². The van der Waals surface area contributed by atoms with Gasteiger partial charge in [0.15, 0.2) is 12.2 Å². The number of benzene rings is 2. The average Bonchev–Trinajstić information content (AvgIpc) is 3.48. The van der Waals surface area contributed by atoms with Crippen LogP contribution >= 0.6 is 11.6 Å². The standard InChI is InChI=1S/C25H19ClN4O/c1-14-24-23(21-11-27-13-31-21)28-12-30(24)20-7-6-15(25-9-16(25)10-25)8-18(20)22(29-14)17-4-2-3-5-19(17)26/h2-8,11-14,16H,9-10H2,1H3/t14-,16?,25?/m1/s1. The van der Waals surface area contributed by atoms with E-state index in [1.807, 2.05) is 24.5 Å². The number of nitrogens with zero attached hydrogens (tertiary/aromatic N) is 4. The average molecular weight is 427 g/mol.